The molecule has 0 saturated carbocycles. The lowest BCUT2D eigenvalue weighted by Crippen LogP contribution is -2.14. The zero-order chi connectivity index (χ0) is 18.4. The van der Waals surface area contributed by atoms with E-state index in [4.69, 9.17) is 4.74 Å². The van der Waals surface area contributed by atoms with Crippen molar-refractivity contribution in [3.8, 4) is 5.75 Å². The number of carbonyl (C=O) groups is 1. The van der Waals surface area contributed by atoms with E-state index in [0.29, 0.717) is 11.3 Å². The van der Waals surface area contributed by atoms with E-state index in [2.05, 4.69) is 4.99 Å². The van der Waals surface area contributed by atoms with Crippen LogP contribution in [0.4, 0.5) is 10.1 Å². The predicted molar refractivity (Wildman–Crippen MR) is 98.6 cm³/mol. The maximum Gasteiger partial charge on any atom is 0.200 e. The van der Waals surface area contributed by atoms with Crippen molar-refractivity contribution >= 4 is 17.8 Å². The Hall–Kier alpha value is -2.69. The van der Waals surface area contributed by atoms with Crippen molar-refractivity contribution in [3.63, 3.8) is 0 Å². The molecule has 0 bridgehead atoms. The zero-order valence-electron chi connectivity index (χ0n) is 15.0. The summed E-state index contributed by atoms with van der Waals surface area (Å²) >= 11 is 0. The number of hydrogen-bond acceptors (Lipinski definition) is 3. The van der Waals surface area contributed by atoms with E-state index in [-0.39, 0.29) is 12.4 Å². The third-order valence-electron chi connectivity index (χ3n) is 3.90. The Labute approximate surface area is 148 Å². The minimum absolute atomic E-state index is 0.134. The van der Waals surface area contributed by atoms with Gasteiger partial charge >= 0.3 is 0 Å². The average Bonchev–Trinajstić information content (AvgIpc) is 2.59. The first-order valence-corrected chi connectivity index (χ1v) is 8.18. The third-order valence-corrected chi connectivity index (χ3v) is 3.90. The number of nitrogens with zero attached hydrogens (tertiary/aromatic N) is 2. The Balaban J connectivity index is 2.12. The fourth-order valence-corrected chi connectivity index (χ4v) is 2.27. The van der Waals surface area contributed by atoms with Gasteiger partial charge in [0.2, 0.25) is 0 Å². The second-order valence-electron chi connectivity index (χ2n) is 5.94. The fourth-order valence-electron chi connectivity index (χ4n) is 2.27. The van der Waals surface area contributed by atoms with Crippen LogP contribution in [0, 0.1) is 19.7 Å². The highest BCUT2D eigenvalue weighted by molar-refractivity contribution is 5.99. The molecule has 0 aliphatic carbocycles. The van der Waals surface area contributed by atoms with Crippen molar-refractivity contribution in [1.29, 1.82) is 0 Å². The van der Waals surface area contributed by atoms with Gasteiger partial charge in [-0.3, -0.25) is 4.79 Å². The van der Waals surface area contributed by atoms with Gasteiger partial charge in [0.05, 0.1) is 12.0 Å². The number of ketones is 1. The fraction of sp³-hybridized carbons (Fsp3) is 0.300. The van der Waals surface area contributed by atoms with Crippen LogP contribution in [0.3, 0.4) is 0 Å². The number of Topliss-reactive ketones (excluding diaryl/α,β-unsaturated/α-hetero) is 1. The van der Waals surface area contributed by atoms with Crippen molar-refractivity contribution in [2.45, 2.75) is 20.8 Å². The Bertz CT molecular complexity index is 787. The van der Waals surface area contributed by atoms with E-state index in [9.17, 15) is 9.18 Å². The second-order valence-corrected chi connectivity index (χ2v) is 5.94. The van der Waals surface area contributed by atoms with Crippen LogP contribution in [-0.2, 0) is 0 Å². The largest absolute Gasteiger partial charge is 0.485 e. The molecule has 0 fully saturated rings. The highest BCUT2D eigenvalue weighted by Crippen LogP contribution is 2.24. The van der Waals surface area contributed by atoms with Gasteiger partial charge in [-0.25, -0.2) is 9.38 Å². The molecule has 0 saturated heterocycles. The van der Waals surface area contributed by atoms with Crippen molar-refractivity contribution in [1.82, 2.24) is 4.90 Å². The monoisotopic (exact) mass is 342 g/mol. The van der Waals surface area contributed by atoms with Crippen LogP contribution in [-0.4, -0.2) is 37.2 Å². The highest BCUT2D eigenvalue weighted by atomic mass is 19.1. The maximum absolute atomic E-state index is 13.1. The Morgan fingerprint density at radius 1 is 1.24 bits per heavy atom. The lowest BCUT2D eigenvalue weighted by atomic mass is 10.0. The normalized spacial score (nSPS) is 10.9. The molecule has 0 spiro atoms. The van der Waals surface area contributed by atoms with E-state index in [1.54, 1.807) is 18.5 Å². The lowest BCUT2D eigenvalue weighted by Gasteiger charge is -2.12. The summed E-state index contributed by atoms with van der Waals surface area (Å²) in [6, 6.07) is 9.47. The molecule has 0 aliphatic heterocycles. The smallest absolute Gasteiger partial charge is 0.200 e. The number of aryl methyl sites for hydroxylation is 2. The minimum Gasteiger partial charge on any atom is -0.485 e. The molecule has 0 aromatic heterocycles. The molecule has 4 nitrogen and oxygen atoms in total. The third kappa shape index (κ3) is 5.14. The minimum atomic E-state index is -0.392. The first-order valence-electron chi connectivity index (χ1n) is 8.18. The van der Waals surface area contributed by atoms with Crippen LogP contribution in [0.25, 0.3) is 0 Å². The molecular formula is C20H23FN2O2. The molecule has 25 heavy (non-hydrogen) atoms. The van der Waals surface area contributed by atoms with E-state index >= 15 is 0 Å². The van der Waals surface area contributed by atoms with Crippen LogP contribution >= 0.6 is 0 Å². The molecule has 2 aromatic rings. The summed E-state index contributed by atoms with van der Waals surface area (Å²) in [5.41, 5.74) is 3.18. The Kier molecular flexibility index (Phi) is 6.28. The summed E-state index contributed by atoms with van der Waals surface area (Å²) in [6.45, 7) is 6.57. The summed E-state index contributed by atoms with van der Waals surface area (Å²) in [5, 5.41) is 0. The summed E-state index contributed by atoms with van der Waals surface area (Å²) in [5.74, 6) is -0.200. The van der Waals surface area contributed by atoms with Gasteiger partial charge in [-0.1, -0.05) is 6.07 Å². The summed E-state index contributed by atoms with van der Waals surface area (Å²) < 4.78 is 18.5. The van der Waals surface area contributed by atoms with Gasteiger partial charge in [-0.05, 0) is 56.2 Å². The van der Waals surface area contributed by atoms with Crippen molar-refractivity contribution in [3.05, 3.63) is 58.9 Å². The predicted octanol–water partition coefficient (Wildman–Crippen LogP) is 4.32. The van der Waals surface area contributed by atoms with Gasteiger partial charge in [0, 0.05) is 25.2 Å². The van der Waals surface area contributed by atoms with E-state index < -0.39 is 5.82 Å². The number of rotatable bonds is 7. The first kappa shape index (κ1) is 18.6. The lowest BCUT2D eigenvalue weighted by molar-refractivity contribution is 0.0920. The molecule has 0 heterocycles. The molecule has 5 heteroatoms. The number of ether oxygens (including phenoxy) is 1. The van der Waals surface area contributed by atoms with Crippen LogP contribution in [0.1, 0.15) is 28.4 Å². The summed E-state index contributed by atoms with van der Waals surface area (Å²) in [7, 11) is 1.95. The van der Waals surface area contributed by atoms with Crippen molar-refractivity contribution < 1.29 is 13.9 Å². The van der Waals surface area contributed by atoms with Crippen LogP contribution in [0.2, 0.25) is 0 Å². The molecular weight excluding hydrogens is 319 g/mol. The molecule has 0 atom stereocenters. The van der Waals surface area contributed by atoms with E-state index in [1.165, 1.54) is 12.1 Å². The summed E-state index contributed by atoms with van der Waals surface area (Å²) in [4.78, 5) is 18.9. The van der Waals surface area contributed by atoms with E-state index in [1.807, 2.05) is 44.9 Å². The molecule has 2 rings (SSSR count). The molecule has 132 valence electrons. The number of halogens is 1. The van der Waals surface area contributed by atoms with Gasteiger partial charge in [0.15, 0.2) is 12.4 Å². The Morgan fingerprint density at radius 2 is 2.00 bits per heavy atom. The first-order chi connectivity index (χ1) is 11.9. The van der Waals surface area contributed by atoms with Gasteiger partial charge < -0.3 is 9.64 Å². The Morgan fingerprint density at radius 3 is 2.68 bits per heavy atom. The van der Waals surface area contributed by atoms with Crippen LogP contribution in [0.5, 0.6) is 5.75 Å². The summed E-state index contributed by atoms with van der Waals surface area (Å²) in [6.07, 6.45) is 1.77. The van der Waals surface area contributed by atoms with Gasteiger partial charge in [0.1, 0.15) is 11.6 Å². The molecule has 0 aliphatic rings. The van der Waals surface area contributed by atoms with Crippen LogP contribution in [0.15, 0.2) is 41.4 Å². The molecule has 0 radical (unpaired) electrons. The SMILES string of the molecule is CCN(C)/C=N/c1cc(C)c(C(=O)COc2cccc(F)c2)cc1C. The quantitative estimate of drug-likeness (QED) is 0.428. The molecule has 0 N–H and O–H groups in total. The number of benzene rings is 2. The number of aliphatic imine (C=N–C) groups is 1. The maximum atomic E-state index is 13.1. The number of carbonyl (C=O) groups excluding carboxylic acids is 1. The van der Waals surface area contributed by atoms with Crippen LogP contribution < -0.4 is 4.74 Å². The standard InChI is InChI=1S/C20H23FN2O2/c1-5-23(4)13-22-19-10-14(2)18(9-15(19)3)20(24)12-25-17-8-6-7-16(21)11-17/h6-11,13H,5,12H2,1-4H3/b22-13+. The second kappa shape index (κ2) is 8.42. The van der Waals surface area contributed by atoms with Gasteiger partial charge in [-0.15, -0.1) is 0 Å². The van der Waals surface area contributed by atoms with Gasteiger partial charge in [-0.2, -0.15) is 0 Å². The topological polar surface area (TPSA) is 41.9 Å². The highest BCUT2D eigenvalue weighted by Gasteiger charge is 2.13. The van der Waals surface area contributed by atoms with Crippen molar-refractivity contribution in [2.75, 3.05) is 20.2 Å². The molecule has 2 aromatic carbocycles. The molecule has 0 amide bonds. The van der Waals surface area contributed by atoms with Crippen molar-refractivity contribution in [2.24, 2.45) is 4.99 Å². The molecule has 0 unspecified atom stereocenters. The number of hydrogen-bond donors (Lipinski definition) is 0. The van der Waals surface area contributed by atoms with E-state index in [0.717, 1.165) is 23.4 Å². The zero-order valence-corrected chi connectivity index (χ0v) is 15.0. The average molecular weight is 342 g/mol. The van der Waals surface area contributed by atoms with Gasteiger partial charge in [0.25, 0.3) is 0 Å².